The summed E-state index contributed by atoms with van der Waals surface area (Å²) in [6.07, 6.45) is 1.84. The lowest BCUT2D eigenvalue weighted by molar-refractivity contribution is -0.125. The van der Waals surface area contributed by atoms with Crippen LogP contribution in [0.15, 0.2) is 23.1 Å². The van der Waals surface area contributed by atoms with Gasteiger partial charge in [-0.15, -0.1) is 0 Å². The Labute approximate surface area is 149 Å². The molecule has 2 fully saturated rings. The Morgan fingerprint density at radius 3 is 2.46 bits per heavy atom. The van der Waals surface area contributed by atoms with E-state index >= 15 is 0 Å². The molecule has 130 valence electrons. The molecule has 0 unspecified atom stereocenters. The Morgan fingerprint density at radius 2 is 1.88 bits per heavy atom. The van der Waals surface area contributed by atoms with E-state index in [0.29, 0.717) is 12.8 Å². The van der Waals surface area contributed by atoms with Gasteiger partial charge in [-0.2, -0.15) is 0 Å². The summed E-state index contributed by atoms with van der Waals surface area (Å²) in [6.45, 7) is 0.0279. The minimum absolute atomic E-state index is 0.0279. The molecule has 3 rings (SSSR count). The second-order valence-corrected chi connectivity index (χ2v) is 8.57. The van der Waals surface area contributed by atoms with Gasteiger partial charge in [0.2, 0.25) is 10.0 Å². The van der Waals surface area contributed by atoms with E-state index in [1.165, 1.54) is 18.2 Å². The van der Waals surface area contributed by atoms with Crippen LogP contribution < -0.4 is 15.4 Å². The Morgan fingerprint density at radius 1 is 1.21 bits per heavy atom. The molecule has 1 aliphatic heterocycles. The van der Waals surface area contributed by atoms with Crippen molar-refractivity contribution >= 4 is 45.2 Å². The Bertz CT molecular complexity index is 794. The molecule has 1 spiro atoms. The Kier molecular flexibility index (Phi) is 4.50. The van der Waals surface area contributed by atoms with E-state index in [-0.39, 0.29) is 27.4 Å². The molecule has 1 aliphatic carbocycles. The van der Waals surface area contributed by atoms with Gasteiger partial charge in [-0.3, -0.25) is 10.1 Å². The van der Waals surface area contributed by atoms with Crippen molar-refractivity contribution in [1.29, 1.82) is 0 Å². The number of urea groups is 1. The van der Waals surface area contributed by atoms with Gasteiger partial charge in [0, 0.05) is 22.5 Å². The molecule has 7 nitrogen and oxygen atoms in total. The van der Waals surface area contributed by atoms with Crippen molar-refractivity contribution in [2.75, 3.05) is 6.54 Å². The smallest absolute Gasteiger partial charge is 0.322 e. The van der Waals surface area contributed by atoms with E-state index in [1.54, 1.807) is 0 Å². The zero-order chi connectivity index (χ0) is 17.5. The summed E-state index contributed by atoms with van der Waals surface area (Å²) in [5.41, 5.74) is -1.04. The van der Waals surface area contributed by atoms with Gasteiger partial charge in [-0.05, 0) is 31.0 Å². The number of nitrogens with one attached hydrogen (secondary N) is 3. The Hall–Kier alpha value is -1.35. The molecule has 1 saturated carbocycles. The summed E-state index contributed by atoms with van der Waals surface area (Å²) in [6, 6.07) is 3.48. The third-order valence-electron chi connectivity index (χ3n) is 4.46. The van der Waals surface area contributed by atoms with Crippen LogP contribution in [0.3, 0.4) is 0 Å². The predicted molar refractivity (Wildman–Crippen MR) is 88.4 cm³/mol. The van der Waals surface area contributed by atoms with Gasteiger partial charge in [-0.25, -0.2) is 17.9 Å². The number of imide groups is 1. The highest BCUT2D eigenvalue weighted by atomic mass is 35.5. The monoisotopic (exact) mass is 391 g/mol. The van der Waals surface area contributed by atoms with Crippen molar-refractivity contribution in [3.8, 4) is 0 Å². The number of carbonyl (C=O) groups is 2. The lowest BCUT2D eigenvalue weighted by atomic mass is 9.87. The largest absolute Gasteiger partial charge is 0.323 e. The highest BCUT2D eigenvalue weighted by molar-refractivity contribution is 7.89. The van der Waals surface area contributed by atoms with Crippen molar-refractivity contribution in [3.63, 3.8) is 0 Å². The predicted octanol–water partition coefficient (Wildman–Crippen LogP) is 1.65. The van der Waals surface area contributed by atoms with Crippen molar-refractivity contribution < 1.29 is 18.0 Å². The third kappa shape index (κ3) is 3.11. The van der Waals surface area contributed by atoms with E-state index in [9.17, 15) is 18.0 Å². The van der Waals surface area contributed by atoms with Crippen LogP contribution >= 0.6 is 23.2 Å². The van der Waals surface area contributed by atoms with Crippen LogP contribution in [0.4, 0.5) is 4.79 Å². The molecule has 1 heterocycles. The number of hydrogen-bond acceptors (Lipinski definition) is 4. The fourth-order valence-corrected chi connectivity index (χ4v) is 5.11. The number of benzene rings is 1. The first-order valence-corrected chi connectivity index (χ1v) is 9.56. The molecule has 24 heavy (non-hydrogen) atoms. The van der Waals surface area contributed by atoms with Gasteiger partial charge in [0.15, 0.2) is 0 Å². The van der Waals surface area contributed by atoms with Crippen LogP contribution in [0.1, 0.15) is 19.3 Å². The molecular weight excluding hydrogens is 377 g/mol. The van der Waals surface area contributed by atoms with Gasteiger partial charge < -0.3 is 5.32 Å². The number of amides is 3. The summed E-state index contributed by atoms with van der Waals surface area (Å²) in [4.78, 5) is 23.5. The summed E-state index contributed by atoms with van der Waals surface area (Å²) in [7, 11) is -3.83. The number of hydrogen-bond donors (Lipinski definition) is 3. The average molecular weight is 392 g/mol. The molecule has 1 saturated heterocycles. The molecule has 2 aliphatic rings. The van der Waals surface area contributed by atoms with E-state index in [1.807, 2.05) is 0 Å². The highest BCUT2D eigenvalue weighted by Crippen LogP contribution is 2.37. The quantitative estimate of drug-likeness (QED) is 0.678. The van der Waals surface area contributed by atoms with Gasteiger partial charge in [-0.1, -0.05) is 29.6 Å². The van der Waals surface area contributed by atoms with Crippen molar-refractivity contribution in [1.82, 2.24) is 15.4 Å². The lowest BCUT2D eigenvalue weighted by Gasteiger charge is -2.28. The normalized spacial score (nSPS) is 26.7. The summed E-state index contributed by atoms with van der Waals surface area (Å²) in [5, 5.41) is 5.29. The van der Waals surface area contributed by atoms with E-state index in [2.05, 4.69) is 15.4 Å². The van der Waals surface area contributed by atoms with Crippen molar-refractivity contribution in [2.45, 2.75) is 29.7 Å². The average Bonchev–Trinajstić information content (AvgIpc) is 3.00. The molecular formula is C14H15Cl2N3O4S. The van der Waals surface area contributed by atoms with E-state index in [0.717, 1.165) is 6.42 Å². The SMILES string of the molecule is O=C1NC(=O)[C@@]2(CCC[C@@H]2CNS(=O)(=O)c2cc(Cl)cc(Cl)c2)N1. The summed E-state index contributed by atoms with van der Waals surface area (Å²) < 4.78 is 27.3. The van der Waals surface area contributed by atoms with Crippen LogP contribution in [0, 0.1) is 5.92 Å². The maximum atomic E-state index is 12.4. The van der Waals surface area contributed by atoms with Crippen LogP contribution in [0.5, 0.6) is 0 Å². The van der Waals surface area contributed by atoms with Crippen LogP contribution in [0.2, 0.25) is 10.0 Å². The second kappa shape index (κ2) is 6.18. The molecule has 3 N–H and O–H groups in total. The first-order chi connectivity index (χ1) is 11.2. The topological polar surface area (TPSA) is 104 Å². The molecule has 1 aromatic rings. The molecule has 0 aromatic heterocycles. The number of carbonyl (C=O) groups excluding carboxylic acids is 2. The van der Waals surface area contributed by atoms with Gasteiger partial charge in [0.05, 0.1) is 4.90 Å². The lowest BCUT2D eigenvalue weighted by Crippen LogP contribution is -2.53. The molecule has 1 aromatic carbocycles. The number of halogens is 2. The maximum Gasteiger partial charge on any atom is 0.322 e. The minimum Gasteiger partial charge on any atom is -0.323 e. The zero-order valence-electron chi connectivity index (χ0n) is 12.4. The fourth-order valence-electron chi connectivity index (χ4n) is 3.30. The summed E-state index contributed by atoms with van der Waals surface area (Å²) in [5.74, 6) is -0.728. The van der Waals surface area contributed by atoms with Crippen LogP contribution in [-0.4, -0.2) is 32.4 Å². The molecule has 0 bridgehead atoms. The van der Waals surface area contributed by atoms with Gasteiger partial charge >= 0.3 is 6.03 Å². The van der Waals surface area contributed by atoms with Crippen LogP contribution in [0.25, 0.3) is 0 Å². The zero-order valence-corrected chi connectivity index (χ0v) is 14.8. The third-order valence-corrected chi connectivity index (χ3v) is 6.30. The van der Waals surface area contributed by atoms with E-state index < -0.39 is 27.5 Å². The maximum absolute atomic E-state index is 12.4. The minimum atomic E-state index is -3.83. The molecule has 10 heteroatoms. The second-order valence-electron chi connectivity index (χ2n) is 5.93. The number of rotatable bonds is 4. The molecule has 3 amide bonds. The standard InChI is InChI=1S/C14H15Cl2N3O4S/c15-9-4-10(16)6-11(5-9)24(22,23)17-7-8-2-1-3-14(8)12(20)18-13(21)19-14/h4-6,8,17H,1-3,7H2,(H2,18,19,20,21)/t8-,14+/m1/s1. The fraction of sp³-hybridized carbons (Fsp3) is 0.429. The molecule has 0 radical (unpaired) electrons. The van der Waals surface area contributed by atoms with Gasteiger partial charge in [0.25, 0.3) is 5.91 Å². The molecule has 2 atom stereocenters. The summed E-state index contributed by atoms with van der Waals surface area (Å²) >= 11 is 11.7. The first-order valence-electron chi connectivity index (χ1n) is 7.32. The Balaban J connectivity index is 1.77. The van der Waals surface area contributed by atoms with Crippen LogP contribution in [-0.2, 0) is 14.8 Å². The van der Waals surface area contributed by atoms with Crippen molar-refractivity contribution in [2.24, 2.45) is 5.92 Å². The van der Waals surface area contributed by atoms with Gasteiger partial charge in [0.1, 0.15) is 5.54 Å². The first kappa shape index (κ1) is 17.5. The highest BCUT2D eigenvalue weighted by Gasteiger charge is 2.54. The van der Waals surface area contributed by atoms with E-state index in [4.69, 9.17) is 23.2 Å². The van der Waals surface area contributed by atoms with Crippen molar-refractivity contribution in [3.05, 3.63) is 28.2 Å². The number of sulfonamides is 1.